The Kier molecular flexibility index (Phi) is 12.0. The third-order valence-electron chi connectivity index (χ3n) is 4.49. The van der Waals surface area contributed by atoms with Crippen molar-refractivity contribution in [2.24, 2.45) is 0 Å². The van der Waals surface area contributed by atoms with Crippen LogP contribution in [0.15, 0.2) is 12.2 Å². The van der Waals surface area contributed by atoms with Gasteiger partial charge < -0.3 is 9.80 Å². The molecule has 0 spiro atoms. The van der Waals surface area contributed by atoms with E-state index in [9.17, 15) is 13.2 Å². The van der Waals surface area contributed by atoms with Gasteiger partial charge in [-0.25, -0.2) is 0 Å². The monoisotopic (exact) mass is 377 g/mol. The predicted molar refractivity (Wildman–Crippen MR) is 103 cm³/mol. The van der Waals surface area contributed by atoms with Crippen molar-refractivity contribution in [2.45, 2.75) is 59.3 Å². The topological polar surface area (TPSA) is 83.5 Å². The Balaban J connectivity index is 4.78. The summed E-state index contributed by atoms with van der Waals surface area (Å²) in [6.45, 7) is 13.9. The summed E-state index contributed by atoms with van der Waals surface area (Å²) in [5, 5.41) is 2.86. The van der Waals surface area contributed by atoms with Gasteiger partial charge in [0.1, 0.15) is 0 Å². The van der Waals surface area contributed by atoms with Crippen LogP contribution in [0.2, 0.25) is 0 Å². The average Bonchev–Trinajstić information content (AvgIpc) is 2.53. The van der Waals surface area contributed by atoms with E-state index < -0.39 is 10.1 Å². The summed E-state index contributed by atoms with van der Waals surface area (Å²) in [4.78, 5) is 11.6. The molecule has 0 bridgehead atoms. The van der Waals surface area contributed by atoms with Gasteiger partial charge in [0.05, 0.1) is 31.9 Å². The van der Waals surface area contributed by atoms with Crippen molar-refractivity contribution in [1.82, 2.24) is 5.32 Å². The number of rotatable bonds is 15. The number of carbonyl (C=O) groups is 1. The molecule has 0 aliphatic rings. The van der Waals surface area contributed by atoms with Crippen LogP contribution in [0.1, 0.15) is 59.3 Å². The highest BCUT2D eigenvalue weighted by Crippen LogP contribution is 2.15. The molecule has 0 saturated carbocycles. The van der Waals surface area contributed by atoms with Crippen LogP contribution in [-0.4, -0.2) is 61.8 Å². The Morgan fingerprint density at radius 2 is 1.48 bits per heavy atom. The van der Waals surface area contributed by atoms with E-state index in [2.05, 4.69) is 25.7 Å². The van der Waals surface area contributed by atoms with Gasteiger partial charge in [0.15, 0.2) is 0 Å². The third-order valence-corrected chi connectivity index (χ3v) is 5.29. The Hall–Kier alpha value is -0.920. The van der Waals surface area contributed by atoms with E-state index in [-0.39, 0.29) is 11.7 Å². The fourth-order valence-corrected chi connectivity index (χ4v) is 3.50. The highest BCUT2D eigenvalue weighted by Gasteiger charge is 2.26. The Morgan fingerprint density at radius 3 is 1.92 bits per heavy atom. The quantitative estimate of drug-likeness (QED) is 0.199. The summed E-state index contributed by atoms with van der Waals surface area (Å²) in [6, 6.07) is 0. The van der Waals surface area contributed by atoms with Gasteiger partial charge in [0, 0.05) is 25.0 Å². The van der Waals surface area contributed by atoms with Crippen LogP contribution in [0.25, 0.3) is 0 Å². The molecule has 6 nitrogen and oxygen atoms in total. The first-order valence-electron chi connectivity index (χ1n) is 9.39. The Morgan fingerprint density at radius 1 is 1.00 bits per heavy atom. The van der Waals surface area contributed by atoms with Crippen molar-refractivity contribution < 1.29 is 22.2 Å². The van der Waals surface area contributed by atoms with Gasteiger partial charge in [-0.15, -0.1) is 0 Å². The zero-order chi connectivity index (χ0) is 19.3. The lowest BCUT2D eigenvalue weighted by Gasteiger charge is -2.39. The number of hydrogen-bond acceptors (Lipinski definition) is 3. The molecule has 0 saturated heterocycles. The summed E-state index contributed by atoms with van der Waals surface area (Å²) >= 11 is 0. The number of hydrogen-bond donors (Lipinski definition) is 2. The van der Waals surface area contributed by atoms with Crippen molar-refractivity contribution >= 4 is 16.0 Å². The summed E-state index contributed by atoms with van der Waals surface area (Å²) in [7, 11) is -3.91. The second kappa shape index (κ2) is 12.4. The molecule has 0 aromatic carbocycles. The number of unbranched alkanes of at least 4 members (excludes halogenated alkanes) is 2. The maximum absolute atomic E-state index is 11.6. The zero-order valence-electron chi connectivity index (χ0n) is 16.2. The van der Waals surface area contributed by atoms with Crippen molar-refractivity contribution in [2.75, 3.05) is 38.5 Å². The molecule has 2 N–H and O–H groups in total. The molecule has 0 aromatic heterocycles. The van der Waals surface area contributed by atoms with E-state index in [0.29, 0.717) is 18.5 Å². The smallest absolute Gasteiger partial charge is 0.265 e. The first kappa shape index (κ1) is 24.1. The van der Waals surface area contributed by atoms with Crippen LogP contribution in [0, 0.1) is 0 Å². The van der Waals surface area contributed by atoms with Crippen molar-refractivity contribution in [3.63, 3.8) is 0 Å². The van der Waals surface area contributed by atoms with Gasteiger partial charge in [-0.05, 0) is 19.8 Å². The maximum atomic E-state index is 11.6. The Labute approximate surface area is 154 Å². The molecule has 0 aliphatic heterocycles. The molecule has 0 aromatic rings. The molecule has 0 unspecified atom stereocenters. The predicted octanol–water partition coefficient (Wildman–Crippen LogP) is 2.76. The number of nitrogens with one attached hydrogen (secondary N) is 1. The van der Waals surface area contributed by atoms with E-state index in [1.165, 1.54) is 0 Å². The average molecular weight is 378 g/mol. The molecule has 0 heterocycles. The summed E-state index contributed by atoms with van der Waals surface area (Å²) in [5.74, 6) is -0.302. The largest absolute Gasteiger partial charge is 0.352 e. The molecular weight excluding hydrogens is 340 g/mol. The highest BCUT2D eigenvalue weighted by molar-refractivity contribution is 7.85. The highest BCUT2D eigenvalue weighted by atomic mass is 32.2. The lowest BCUT2D eigenvalue weighted by Crippen LogP contribution is -2.51. The molecule has 7 heteroatoms. The fraction of sp³-hybridized carbons (Fsp3) is 0.833. The minimum atomic E-state index is -3.91. The zero-order valence-corrected chi connectivity index (χ0v) is 17.0. The number of amides is 1. The normalized spacial score (nSPS) is 12.2. The van der Waals surface area contributed by atoms with Crippen molar-refractivity contribution in [1.29, 1.82) is 0 Å². The lowest BCUT2D eigenvalue weighted by molar-refractivity contribution is -0.928. The molecule has 0 rings (SSSR count). The van der Waals surface area contributed by atoms with Gasteiger partial charge in [-0.3, -0.25) is 9.35 Å². The minimum absolute atomic E-state index is 0.119. The number of nitrogens with zero attached hydrogens (tertiary/aromatic N) is 1. The fourth-order valence-electron chi connectivity index (χ4n) is 3.01. The van der Waals surface area contributed by atoms with Gasteiger partial charge in [-0.1, -0.05) is 33.3 Å². The summed E-state index contributed by atoms with van der Waals surface area (Å²) in [5.41, 5.74) is 0.505. The van der Waals surface area contributed by atoms with Crippen LogP contribution in [0.3, 0.4) is 0 Å². The number of carbonyl (C=O) groups excluding carboxylic acids is 1. The van der Waals surface area contributed by atoms with E-state index in [1.807, 2.05) is 0 Å². The first-order valence-corrected chi connectivity index (χ1v) is 11.0. The van der Waals surface area contributed by atoms with Crippen LogP contribution < -0.4 is 5.32 Å². The van der Waals surface area contributed by atoms with E-state index >= 15 is 0 Å². The second-order valence-electron chi connectivity index (χ2n) is 6.97. The van der Waals surface area contributed by atoms with Gasteiger partial charge in [0.25, 0.3) is 10.1 Å². The molecule has 0 radical (unpaired) electrons. The third kappa shape index (κ3) is 12.1. The Bertz CT molecular complexity index is 495. The molecular formula is C18H37N2O4S+. The van der Waals surface area contributed by atoms with Crippen molar-refractivity contribution in [3.05, 3.63) is 12.2 Å². The van der Waals surface area contributed by atoms with Crippen LogP contribution >= 0.6 is 0 Å². The number of quaternary nitrogens is 1. The minimum Gasteiger partial charge on any atom is -0.352 e. The molecule has 1 amide bonds. The summed E-state index contributed by atoms with van der Waals surface area (Å²) < 4.78 is 31.9. The molecule has 148 valence electrons. The van der Waals surface area contributed by atoms with Crippen LogP contribution in [0.5, 0.6) is 0 Å². The van der Waals surface area contributed by atoms with E-state index in [4.69, 9.17) is 4.55 Å². The van der Waals surface area contributed by atoms with E-state index in [1.54, 1.807) is 6.92 Å². The van der Waals surface area contributed by atoms with Gasteiger partial charge in [-0.2, -0.15) is 8.42 Å². The molecule has 0 atom stereocenters. The van der Waals surface area contributed by atoms with Gasteiger partial charge >= 0.3 is 0 Å². The maximum Gasteiger partial charge on any atom is 0.265 e. The first-order chi connectivity index (χ1) is 11.7. The summed E-state index contributed by atoms with van der Waals surface area (Å²) in [6.07, 6.45) is 5.68. The lowest BCUT2D eigenvalue weighted by atomic mass is 10.1. The van der Waals surface area contributed by atoms with Gasteiger partial charge in [0.2, 0.25) is 5.91 Å². The molecule has 0 aliphatic carbocycles. The second-order valence-corrected chi connectivity index (χ2v) is 8.54. The van der Waals surface area contributed by atoms with E-state index in [0.717, 1.165) is 62.8 Å². The molecule has 0 fully saturated rings. The SMILES string of the molecule is C=C(C)C(=O)NCCC[N+](CCCC)(CCCC)CCCS(=O)(=O)O. The van der Waals surface area contributed by atoms with Crippen LogP contribution in [-0.2, 0) is 14.9 Å². The van der Waals surface area contributed by atoms with Crippen LogP contribution in [0.4, 0.5) is 0 Å². The molecule has 25 heavy (non-hydrogen) atoms. The standard InChI is InChI=1S/C18H36N2O4S/c1-5-7-12-20(13-8-6-2,15-10-16-25(22,23)24)14-9-11-19-18(21)17(3)4/h3,5-16H2,1-2,4H3,(H-,19,21,22,23,24)/p+1. The van der Waals surface area contributed by atoms with Crippen molar-refractivity contribution in [3.8, 4) is 0 Å².